The third kappa shape index (κ3) is 3.41. The number of hydrogen-bond donors (Lipinski definition) is 3. The van der Waals surface area contributed by atoms with Crippen molar-refractivity contribution in [2.75, 3.05) is 12.3 Å². The Morgan fingerprint density at radius 3 is 2.69 bits per heavy atom. The molecule has 2 heterocycles. The van der Waals surface area contributed by atoms with Gasteiger partial charge in [-0.2, -0.15) is 9.97 Å². The molecule has 0 fully saturated rings. The van der Waals surface area contributed by atoms with Gasteiger partial charge in [0, 0.05) is 5.56 Å². The smallest absolute Gasteiger partial charge is 0.318 e. The van der Waals surface area contributed by atoms with Crippen molar-refractivity contribution in [3.63, 3.8) is 0 Å². The van der Waals surface area contributed by atoms with Crippen LogP contribution in [0.5, 0.6) is 6.01 Å². The first-order chi connectivity index (χ1) is 12.3. The minimum Gasteiger partial charge on any atom is -0.458 e. The second-order valence-corrected chi connectivity index (χ2v) is 7.30. The van der Waals surface area contributed by atoms with Crippen molar-refractivity contribution in [3.8, 4) is 17.3 Å². The number of anilines is 1. The first-order valence-corrected chi connectivity index (χ1v) is 9.01. The molecule has 0 radical (unpaired) electrons. The van der Waals surface area contributed by atoms with Crippen LogP contribution in [-0.4, -0.2) is 33.7 Å². The average Bonchev–Trinajstić information content (AvgIpc) is 2.93. The van der Waals surface area contributed by atoms with E-state index in [1.165, 1.54) is 0 Å². The molecule has 1 amide bonds. The maximum absolute atomic E-state index is 11.6. The monoisotopic (exact) mass is 412 g/mol. The summed E-state index contributed by atoms with van der Waals surface area (Å²) in [6.07, 6.45) is -0.512. The highest BCUT2D eigenvalue weighted by molar-refractivity contribution is 7.21. The fourth-order valence-corrected chi connectivity index (χ4v) is 3.54. The fourth-order valence-electron chi connectivity index (χ4n) is 2.31. The Balaban J connectivity index is 2.29. The lowest BCUT2D eigenvalue weighted by Crippen LogP contribution is -2.17. The minimum absolute atomic E-state index is 0.0393. The van der Waals surface area contributed by atoms with E-state index in [0.29, 0.717) is 31.5 Å². The van der Waals surface area contributed by atoms with E-state index >= 15 is 0 Å². The van der Waals surface area contributed by atoms with Gasteiger partial charge in [-0.1, -0.05) is 29.3 Å². The number of nitrogens with zero attached hydrogens (tertiary/aromatic N) is 2. The number of benzene rings is 1. The molecule has 5 N–H and O–H groups in total. The van der Waals surface area contributed by atoms with Gasteiger partial charge in [0.1, 0.15) is 15.8 Å². The third-order valence-electron chi connectivity index (χ3n) is 3.55. The number of rotatable bonds is 5. The SMILES string of the molecule is C[C@H](CO)Oc1nc(-c2ccc(Cl)c(Cl)c2)c2c(N)c(C(N)=O)sc2n1. The van der Waals surface area contributed by atoms with Gasteiger partial charge in [-0.05, 0) is 19.1 Å². The normalized spacial score (nSPS) is 12.3. The molecule has 2 aromatic heterocycles. The molecule has 0 saturated carbocycles. The molecule has 0 saturated heterocycles. The number of carbonyl (C=O) groups is 1. The second-order valence-electron chi connectivity index (χ2n) is 5.48. The molecule has 0 unspecified atom stereocenters. The first kappa shape index (κ1) is 18.7. The molecule has 1 aromatic carbocycles. The quantitative estimate of drug-likeness (QED) is 0.591. The van der Waals surface area contributed by atoms with Crippen molar-refractivity contribution in [2.24, 2.45) is 5.73 Å². The number of fused-ring (bicyclic) bond motifs is 1. The van der Waals surface area contributed by atoms with E-state index in [0.717, 1.165) is 11.3 Å². The maximum Gasteiger partial charge on any atom is 0.318 e. The molecule has 0 spiro atoms. The maximum atomic E-state index is 11.6. The number of ether oxygens (including phenoxy) is 1. The summed E-state index contributed by atoms with van der Waals surface area (Å²) in [5.74, 6) is -0.656. The number of primary amides is 1. The van der Waals surface area contributed by atoms with Crippen LogP contribution in [0.25, 0.3) is 21.5 Å². The van der Waals surface area contributed by atoms with Crippen molar-refractivity contribution < 1.29 is 14.6 Å². The minimum atomic E-state index is -0.656. The van der Waals surface area contributed by atoms with Crippen LogP contribution in [0.1, 0.15) is 16.6 Å². The standard InChI is InChI=1S/C16H14Cl2N4O3S/c1-6(5-23)25-16-21-12(7-2-3-8(17)9(18)4-7)10-11(19)13(14(20)24)26-15(10)22-16/h2-4,6,23H,5,19H2,1H3,(H2,20,24)/t6-/m1/s1. The van der Waals surface area contributed by atoms with Gasteiger partial charge >= 0.3 is 6.01 Å². The van der Waals surface area contributed by atoms with Crippen LogP contribution in [0.3, 0.4) is 0 Å². The highest BCUT2D eigenvalue weighted by atomic mass is 35.5. The number of aromatic nitrogens is 2. The van der Waals surface area contributed by atoms with Crippen molar-refractivity contribution in [3.05, 3.63) is 33.1 Å². The summed E-state index contributed by atoms with van der Waals surface area (Å²) >= 11 is 13.1. The number of nitrogen functional groups attached to an aromatic ring is 1. The fraction of sp³-hybridized carbons (Fsp3) is 0.188. The molecule has 136 valence electrons. The van der Waals surface area contributed by atoms with E-state index in [-0.39, 0.29) is 23.2 Å². The summed E-state index contributed by atoms with van der Waals surface area (Å²) in [4.78, 5) is 20.9. The summed E-state index contributed by atoms with van der Waals surface area (Å²) in [6, 6.07) is 5.02. The zero-order valence-electron chi connectivity index (χ0n) is 13.5. The van der Waals surface area contributed by atoms with Gasteiger partial charge in [-0.3, -0.25) is 4.79 Å². The lowest BCUT2D eigenvalue weighted by atomic mass is 10.1. The molecule has 10 heteroatoms. The van der Waals surface area contributed by atoms with Gasteiger partial charge in [-0.25, -0.2) is 0 Å². The number of halogens is 2. The van der Waals surface area contributed by atoms with Crippen LogP contribution >= 0.6 is 34.5 Å². The van der Waals surface area contributed by atoms with Gasteiger partial charge < -0.3 is 21.3 Å². The highest BCUT2D eigenvalue weighted by Crippen LogP contribution is 2.40. The lowest BCUT2D eigenvalue weighted by molar-refractivity contribution is 0.100. The highest BCUT2D eigenvalue weighted by Gasteiger charge is 2.22. The largest absolute Gasteiger partial charge is 0.458 e. The van der Waals surface area contributed by atoms with E-state index in [9.17, 15) is 9.90 Å². The Kier molecular flexibility index (Phi) is 5.19. The predicted molar refractivity (Wildman–Crippen MR) is 103 cm³/mol. The lowest BCUT2D eigenvalue weighted by Gasteiger charge is -2.12. The van der Waals surface area contributed by atoms with Gasteiger partial charge in [0.15, 0.2) is 0 Å². The van der Waals surface area contributed by atoms with E-state index in [1.54, 1.807) is 25.1 Å². The van der Waals surface area contributed by atoms with Gasteiger partial charge in [0.2, 0.25) is 0 Å². The number of amides is 1. The van der Waals surface area contributed by atoms with Crippen LogP contribution in [-0.2, 0) is 0 Å². The van der Waals surface area contributed by atoms with Gasteiger partial charge in [-0.15, -0.1) is 11.3 Å². The molecule has 0 bridgehead atoms. The number of nitrogens with two attached hydrogens (primary N) is 2. The molecule has 26 heavy (non-hydrogen) atoms. The molecule has 0 aliphatic heterocycles. The molecule has 3 rings (SSSR count). The third-order valence-corrected chi connectivity index (χ3v) is 5.40. The summed E-state index contributed by atoms with van der Waals surface area (Å²) in [5, 5.41) is 10.4. The van der Waals surface area contributed by atoms with Crippen molar-refractivity contribution in [1.82, 2.24) is 9.97 Å². The van der Waals surface area contributed by atoms with E-state index < -0.39 is 12.0 Å². The second kappa shape index (κ2) is 7.24. The van der Waals surface area contributed by atoms with Crippen LogP contribution in [0.2, 0.25) is 10.0 Å². The summed E-state index contributed by atoms with van der Waals surface area (Å²) < 4.78 is 5.52. The Bertz CT molecular complexity index is 1010. The van der Waals surface area contributed by atoms with Gasteiger partial charge in [0.05, 0.1) is 33.4 Å². The van der Waals surface area contributed by atoms with Crippen LogP contribution < -0.4 is 16.2 Å². The van der Waals surface area contributed by atoms with E-state index in [1.807, 2.05) is 0 Å². The molecule has 1 atom stereocenters. The molecule has 0 aliphatic carbocycles. The number of carbonyl (C=O) groups excluding carboxylic acids is 1. The topological polar surface area (TPSA) is 124 Å². The average molecular weight is 413 g/mol. The van der Waals surface area contributed by atoms with Crippen molar-refractivity contribution in [2.45, 2.75) is 13.0 Å². The van der Waals surface area contributed by atoms with Crippen LogP contribution in [0.15, 0.2) is 18.2 Å². The van der Waals surface area contributed by atoms with Crippen molar-refractivity contribution >= 4 is 56.3 Å². The molecule has 7 nitrogen and oxygen atoms in total. The number of aliphatic hydroxyl groups excluding tert-OH is 1. The number of hydrogen-bond acceptors (Lipinski definition) is 7. The molecule has 0 aliphatic rings. The summed E-state index contributed by atoms with van der Waals surface area (Å²) in [6.45, 7) is 1.46. The number of thiophene rings is 1. The summed E-state index contributed by atoms with van der Waals surface area (Å²) in [7, 11) is 0. The number of aliphatic hydroxyl groups is 1. The zero-order valence-corrected chi connectivity index (χ0v) is 15.8. The van der Waals surface area contributed by atoms with Crippen molar-refractivity contribution in [1.29, 1.82) is 0 Å². The predicted octanol–water partition coefficient (Wildman–Crippen LogP) is 3.11. The summed E-state index contributed by atoms with van der Waals surface area (Å²) in [5.41, 5.74) is 12.7. The van der Waals surface area contributed by atoms with Gasteiger partial charge in [0.25, 0.3) is 5.91 Å². The van der Waals surface area contributed by atoms with E-state index in [4.69, 9.17) is 39.4 Å². The Labute approximate surface area is 162 Å². The Hall–Kier alpha value is -2.13. The van der Waals surface area contributed by atoms with E-state index in [2.05, 4.69) is 9.97 Å². The molecular weight excluding hydrogens is 399 g/mol. The van der Waals surface area contributed by atoms with Crippen LogP contribution in [0.4, 0.5) is 5.69 Å². The Morgan fingerprint density at radius 2 is 2.08 bits per heavy atom. The molecule has 3 aromatic rings. The van der Waals surface area contributed by atoms with Crippen LogP contribution in [0, 0.1) is 0 Å². The first-order valence-electron chi connectivity index (χ1n) is 7.44. The Morgan fingerprint density at radius 1 is 1.35 bits per heavy atom. The zero-order chi connectivity index (χ0) is 19.0. The molecular formula is C16H14Cl2N4O3S.